The van der Waals surface area contributed by atoms with Crippen LogP contribution in [0.5, 0.6) is 0 Å². The van der Waals surface area contributed by atoms with Crippen molar-refractivity contribution in [3.8, 4) is 0 Å². The molecule has 3 aromatic rings. The molecule has 1 heterocycles. The van der Waals surface area contributed by atoms with Crippen LogP contribution in [0.4, 0.5) is 8.78 Å². The number of halogens is 2. The molecule has 8 nitrogen and oxygen atoms in total. The summed E-state index contributed by atoms with van der Waals surface area (Å²) in [5.41, 5.74) is 2.17. The van der Waals surface area contributed by atoms with E-state index in [9.17, 15) is 23.5 Å². The van der Waals surface area contributed by atoms with Crippen LogP contribution in [0.25, 0.3) is 11.1 Å². The van der Waals surface area contributed by atoms with Gasteiger partial charge in [-0.2, -0.15) is 0 Å². The molecule has 0 aliphatic rings. The summed E-state index contributed by atoms with van der Waals surface area (Å²) in [6, 6.07) is 11.4. The molecule has 35 heavy (non-hydrogen) atoms. The van der Waals surface area contributed by atoms with Gasteiger partial charge in [0, 0.05) is 19.0 Å². The van der Waals surface area contributed by atoms with Crippen molar-refractivity contribution < 1.29 is 28.2 Å². The molecule has 3 rings (SSSR count). The van der Waals surface area contributed by atoms with Crippen molar-refractivity contribution in [2.45, 2.75) is 25.9 Å². The molecule has 0 saturated carbocycles. The number of carbonyl (C=O) groups is 2. The molecule has 0 spiro atoms. The first-order chi connectivity index (χ1) is 16.8. The third-order valence-electron chi connectivity index (χ3n) is 4.96. The number of ketones is 1. The number of tetrazole rings is 1. The van der Waals surface area contributed by atoms with Gasteiger partial charge in [-0.25, -0.2) is 13.5 Å². The van der Waals surface area contributed by atoms with Crippen LogP contribution in [0.3, 0.4) is 0 Å². The lowest BCUT2D eigenvalue weighted by Crippen LogP contribution is -2.16. The molecule has 0 fully saturated rings. The Labute approximate surface area is 200 Å². The van der Waals surface area contributed by atoms with Crippen LogP contribution in [0, 0.1) is 11.6 Å². The Hall–Kier alpha value is -4.05. The molecule has 0 aliphatic heterocycles. The van der Waals surface area contributed by atoms with E-state index >= 15 is 0 Å². The molecule has 1 N–H and O–H groups in total. The minimum atomic E-state index is -1.21. The molecule has 0 aliphatic carbocycles. The monoisotopic (exact) mass is 482 g/mol. The van der Waals surface area contributed by atoms with Gasteiger partial charge >= 0.3 is 5.97 Å². The minimum absolute atomic E-state index is 0.157. The number of esters is 1. The molecule has 10 heteroatoms. The first-order valence-corrected chi connectivity index (χ1v) is 10.8. The van der Waals surface area contributed by atoms with Gasteiger partial charge in [0.15, 0.2) is 5.82 Å². The summed E-state index contributed by atoms with van der Waals surface area (Å²) in [6.07, 6.45) is 0.958. The zero-order valence-corrected chi connectivity index (χ0v) is 19.2. The predicted molar refractivity (Wildman–Crippen MR) is 124 cm³/mol. The van der Waals surface area contributed by atoms with E-state index in [1.807, 2.05) is 0 Å². The average Bonchev–Trinajstić information content (AvgIpc) is 3.24. The fourth-order valence-electron chi connectivity index (χ4n) is 3.39. The standard InChI is InChI=1S/C25H24F2N4O4/c1-3-35-23(34)15-21(33)14-20(32)12-13-22(25-28-29-30-31(25)2)24(16-4-8-18(26)9-5-16)17-6-10-19(27)11-7-17/h4-13,20,32H,3,14-15H2,1-2H3/b13-12+. The maximum absolute atomic E-state index is 13.6. The van der Waals surface area contributed by atoms with E-state index in [0.717, 1.165) is 0 Å². The fourth-order valence-corrected chi connectivity index (χ4v) is 3.39. The number of aliphatic hydroxyl groups excluding tert-OH is 1. The topological polar surface area (TPSA) is 107 Å². The van der Waals surface area contributed by atoms with Crippen LogP contribution in [0.1, 0.15) is 36.7 Å². The number of aryl methyl sites for hydroxylation is 1. The first kappa shape index (κ1) is 25.6. The van der Waals surface area contributed by atoms with Gasteiger partial charge in [0.25, 0.3) is 0 Å². The first-order valence-electron chi connectivity index (χ1n) is 10.8. The van der Waals surface area contributed by atoms with E-state index in [4.69, 9.17) is 4.74 Å². The summed E-state index contributed by atoms with van der Waals surface area (Å²) in [4.78, 5) is 23.6. The Morgan fingerprint density at radius 2 is 1.63 bits per heavy atom. The van der Waals surface area contributed by atoms with E-state index in [2.05, 4.69) is 15.5 Å². The maximum atomic E-state index is 13.6. The van der Waals surface area contributed by atoms with Gasteiger partial charge < -0.3 is 9.84 Å². The van der Waals surface area contributed by atoms with Crippen molar-refractivity contribution in [2.24, 2.45) is 7.05 Å². The number of hydrogen-bond acceptors (Lipinski definition) is 7. The zero-order chi connectivity index (χ0) is 25.4. The minimum Gasteiger partial charge on any atom is -0.466 e. The van der Waals surface area contributed by atoms with E-state index in [-0.39, 0.29) is 13.0 Å². The van der Waals surface area contributed by atoms with Gasteiger partial charge in [0.05, 0.1) is 12.7 Å². The second kappa shape index (κ2) is 11.9. The highest BCUT2D eigenvalue weighted by Gasteiger charge is 2.19. The second-order valence-electron chi connectivity index (χ2n) is 7.58. The summed E-state index contributed by atoms with van der Waals surface area (Å²) >= 11 is 0. The lowest BCUT2D eigenvalue weighted by Gasteiger charge is -2.14. The molecule has 0 amide bonds. The molecule has 1 unspecified atom stereocenters. The van der Waals surface area contributed by atoms with Gasteiger partial charge in [0.1, 0.15) is 23.8 Å². The normalized spacial score (nSPS) is 11.9. The molecule has 0 radical (unpaired) electrons. The van der Waals surface area contributed by atoms with Crippen molar-refractivity contribution in [3.63, 3.8) is 0 Å². The average molecular weight is 482 g/mol. The van der Waals surface area contributed by atoms with Gasteiger partial charge in [-0.3, -0.25) is 9.59 Å². The molecular formula is C25H24F2N4O4. The van der Waals surface area contributed by atoms with Crippen LogP contribution < -0.4 is 0 Å². The molecule has 0 saturated heterocycles. The Balaban J connectivity index is 2.06. The Bertz CT molecular complexity index is 1190. The number of aromatic nitrogens is 4. The van der Waals surface area contributed by atoms with Gasteiger partial charge in [-0.1, -0.05) is 36.4 Å². The van der Waals surface area contributed by atoms with Gasteiger partial charge in [0.2, 0.25) is 0 Å². The highest BCUT2D eigenvalue weighted by molar-refractivity contribution is 6.01. The van der Waals surface area contributed by atoms with E-state index in [0.29, 0.717) is 28.1 Å². The van der Waals surface area contributed by atoms with Crippen LogP contribution in [-0.2, 0) is 21.4 Å². The van der Waals surface area contributed by atoms with Gasteiger partial charge in [-0.05, 0) is 58.3 Å². The molecule has 182 valence electrons. The van der Waals surface area contributed by atoms with Crippen LogP contribution in [0.15, 0.2) is 60.7 Å². The summed E-state index contributed by atoms with van der Waals surface area (Å²) in [7, 11) is 1.62. The number of aliphatic hydroxyl groups is 1. The van der Waals surface area contributed by atoms with Crippen molar-refractivity contribution in [1.29, 1.82) is 0 Å². The highest BCUT2D eigenvalue weighted by atomic mass is 19.1. The number of carbonyl (C=O) groups excluding carboxylic acids is 2. The number of benzene rings is 2. The smallest absolute Gasteiger partial charge is 0.313 e. The molecule has 1 atom stereocenters. The Kier molecular flexibility index (Phi) is 8.69. The maximum Gasteiger partial charge on any atom is 0.313 e. The predicted octanol–water partition coefficient (Wildman–Crippen LogP) is 3.28. The fraction of sp³-hybridized carbons (Fsp3) is 0.240. The highest BCUT2D eigenvalue weighted by Crippen LogP contribution is 2.32. The number of allylic oxidation sites excluding steroid dienone is 2. The SMILES string of the molecule is CCOC(=O)CC(=O)CC(O)/C=C/C(=C(c1ccc(F)cc1)c1ccc(F)cc1)c1nnnn1C. The lowest BCUT2D eigenvalue weighted by molar-refractivity contribution is -0.145. The summed E-state index contributed by atoms with van der Waals surface area (Å²) in [6.45, 7) is 1.79. The number of rotatable bonds is 10. The molecule has 0 bridgehead atoms. The Morgan fingerprint density at radius 1 is 1.06 bits per heavy atom. The van der Waals surface area contributed by atoms with Crippen molar-refractivity contribution in [3.05, 3.63) is 89.3 Å². The quantitative estimate of drug-likeness (QED) is 0.268. The molecule has 1 aromatic heterocycles. The second-order valence-corrected chi connectivity index (χ2v) is 7.58. The van der Waals surface area contributed by atoms with Crippen molar-refractivity contribution in [2.75, 3.05) is 6.61 Å². The summed E-state index contributed by atoms with van der Waals surface area (Å²) in [5, 5.41) is 22.0. The largest absolute Gasteiger partial charge is 0.466 e. The van der Waals surface area contributed by atoms with Crippen LogP contribution in [0.2, 0.25) is 0 Å². The van der Waals surface area contributed by atoms with E-state index in [1.54, 1.807) is 38.2 Å². The van der Waals surface area contributed by atoms with Crippen molar-refractivity contribution in [1.82, 2.24) is 20.2 Å². The number of Topliss-reactive ketones (excluding diaryl/α,β-unsaturated/α-hetero) is 1. The van der Waals surface area contributed by atoms with Crippen LogP contribution in [-0.4, -0.2) is 49.8 Å². The lowest BCUT2D eigenvalue weighted by atomic mass is 9.91. The van der Waals surface area contributed by atoms with Crippen LogP contribution >= 0.6 is 0 Å². The van der Waals surface area contributed by atoms with Gasteiger partial charge in [-0.15, -0.1) is 5.10 Å². The number of hydrogen-bond donors (Lipinski definition) is 1. The molecule has 2 aromatic carbocycles. The van der Waals surface area contributed by atoms with E-state index in [1.165, 1.54) is 41.1 Å². The molecular weight excluding hydrogens is 458 g/mol. The van der Waals surface area contributed by atoms with E-state index < -0.39 is 35.9 Å². The summed E-state index contributed by atoms with van der Waals surface area (Å²) < 4.78 is 33.5. The number of nitrogens with zero attached hydrogens (tertiary/aromatic N) is 4. The Morgan fingerprint density at radius 3 is 2.11 bits per heavy atom. The third-order valence-corrected chi connectivity index (χ3v) is 4.96. The number of ether oxygens (including phenoxy) is 1. The zero-order valence-electron chi connectivity index (χ0n) is 19.2. The van der Waals surface area contributed by atoms with Crippen molar-refractivity contribution >= 4 is 22.9 Å². The summed E-state index contributed by atoms with van der Waals surface area (Å²) in [5.74, 6) is -1.69. The third kappa shape index (κ3) is 6.97.